The molecule has 27 heavy (non-hydrogen) atoms. The molecule has 0 radical (unpaired) electrons. The highest BCUT2D eigenvalue weighted by molar-refractivity contribution is 6.01. The number of fused-ring (bicyclic) bond motifs is 1. The molecule has 3 nitrogen and oxygen atoms in total. The van der Waals surface area contributed by atoms with Gasteiger partial charge in [0.2, 0.25) is 0 Å². The van der Waals surface area contributed by atoms with Crippen LogP contribution in [0.1, 0.15) is 58.9 Å². The standard InChI is InChI=1S/C23H25FN2O/c1-15-10-11-20-19(13-15)16(2)22(25-20)23(27)26-12-5-3-4-9-21(26)17-7-6-8-18(24)14-17/h6-8,10-11,13-14,21,25H,3-5,9,12H2,1-2H3. The number of nitrogens with one attached hydrogen (secondary N) is 1. The summed E-state index contributed by atoms with van der Waals surface area (Å²) in [5, 5.41) is 1.09. The molecule has 1 amide bonds. The number of likely N-dealkylation sites (tertiary alicyclic amines) is 1. The van der Waals surface area contributed by atoms with Crippen LogP contribution in [0.4, 0.5) is 4.39 Å². The Morgan fingerprint density at radius 3 is 2.78 bits per heavy atom. The Morgan fingerprint density at radius 2 is 1.96 bits per heavy atom. The number of halogens is 1. The molecule has 1 saturated heterocycles. The molecule has 3 aromatic rings. The van der Waals surface area contributed by atoms with Crippen molar-refractivity contribution in [1.82, 2.24) is 9.88 Å². The summed E-state index contributed by atoms with van der Waals surface area (Å²) in [4.78, 5) is 18.8. The van der Waals surface area contributed by atoms with Crippen LogP contribution in [0, 0.1) is 19.7 Å². The van der Waals surface area contributed by atoms with Crippen LogP contribution in [-0.4, -0.2) is 22.3 Å². The zero-order valence-electron chi connectivity index (χ0n) is 15.9. The van der Waals surface area contributed by atoms with Gasteiger partial charge in [0, 0.05) is 17.4 Å². The summed E-state index contributed by atoms with van der Waals surface area (Å²) in [5.41, 5.74) is 4.68. The number of aryl methyl sites for hydroxylation is 2. The first-order valence-corrected chi connectivity index (χ1v) is 9.70. The second-order valence-electron chi connectivity index (χ2n) is 7.59. The molecule has 4 rings (SSSR count). The molecule has 1 fully saturated rings. The molecule has 0 aliphatic carbocycles. The van der Waals surface area contributed by atoms with E-state index in [1.54, 1.807) is 12.1 Å². The summed E-state index contributed by atoms with van der Waals surface area (Å²) < 4.78 is 13.8. The quantitative estimate of drug-likeness (QED) is 0.624. The molecule has 0 bridgehead atoms. The molecule has 0 spiro atoms. The minimum atomic E-state index is -0.249. The SMILES string of the molecule is Cc1ccc2[nH]c(C(=O)N3CCCCCC3c3cccc(F)c3)c(C)c2c1. The van der Waals surface area contributed by atoms with E-state index in [2.05, 4.69) is 18.0 Å². The van der Waals surface area contributed by atoms with Gasteiger partial charge in [-0.25, -0.2) is 4.39 Å². The monoisotopic (exact) mass is 364 g/mol. The highest BCUT2D eigenvalue weighted by Gasteiger charge is 2.29. The van der Waals surface area contributed by atoms with Gasteiger partial charge in [-0.1, -0.05) is 36.6 Å². The van der Waals surface area contributed by atoms with Crippen LogP contribution in [0.3, 0.4) is 0 Å². The lowest BCUT2D eigenvalue weighted by Gasteiger charge is -2.30. The summed E-state index contributed by atoms with van der Waals surface area (Å²) in [7, 11) is 0. The van der Waals surface area contributed by atoms with E-state index in [-0.39, 0.29) is 17.8 Å². The van der Waals surface area contributed by atoms with Gasteiger partial charge in [0.15, 0.2) is 0 Å². The Bertz CT molecular complexity index is 991. The summed E-state index contributed by atoms with van der Waals surface area (Å²) in [6.07, 6.45) is 4.00. The van der Waals surface area contributed by atoms with Gasteiger partial charge < -0.3 is 9.88 Å². The average Bonchev–Trinajstić information content (AvgIpc) is 2.84. The van der Waals surface area contributed by atoms with Gasteiger partial charge in [-0.15, -0.1) is 0 Å². The average molecular weight is 364 g/mol. The zero-order chi connectivity index (χ0) is 19.0. The maximum absolute atomic E-state index is 13.8. The topological polar surface area (TPSA) is 36.1 Å². The van der Waals surface area contributed by atoms with Crippen molar-refractivity contribution in [1.29, 1.82) is 0 Å². The lowest BCUT2D eigenvalue weighted by atomic mass is 10.00. The molecule has 1 unspecified atom stereocenters. The number of rotatable bonds is 2. The zero-order valence-corrected chi connectivity index (χ0v) is 15.9. The van der Waals surface area contributed by atoms with Crippen LogP contribution in [0.15, 0.2) is 42.5 Å². The number of aromatic amines is 1. The maximum atomic E-state index is 13.8. The number of hydrogen-bond acceptors (Lipinski definition) is 1. The molecule has 1 aliphatic heterocycles. The summed E-state index contributed by atoms with van der Waals surface area (Å²) in [6, 6.07) is 12.8. The third kappa shape index (κ3) is 3.36. The number of amides is 1. The van der Waals surface area contributed by atoms with Gasteiger partial charge in [0.05, 0.1) is 6.04 Å². The first kappa shape index (κ1) is 17.8. The van der Waals surface area contributed by atoms with E-state index < -0.39 is 0 Å². The van der Waals surface area contributed by atoms with Gasteiger partial charge in [-0.3, -0.25) is 4.79 Å². The van der Waals surface area contributed by atoms with Crippen LogP contribution < -0.4 is 0 Å². The maximum Gasteiger partial charge on any atom is 0.271 e. The second kappa shape index (κ2) is 7.18. The predicted molar refractivity (Wildman–Crippen MR) is 106 cm³/mol. The molecule has 2 aromatic carbocycles. The second-order valence-corrected chi connectivity index (χ2v) is 7.59. The van der Waals surface area contributed by atoms with Crippen molar-refractivity contribution in [3.8, 4) is 0 Å². The summed E-state index contributed by atoms with van der Waals surface area (Å²) >= 11 is 0. The third-order valence-electron chi connectivity index (χ3n) is 5.67. The number of H-pyrrole nitrogens is 1. The number of hydrogen-bond donors (Lipinski definition) is 1. The van der Waals surface area contributed by atoms with Crippen LogP contribution in [0.25, 0.3) is 10.9 Å². The molecule has 2 heterocycles. The van der Waals surface area contributed by atoms with Gasteiger partial charge in [-0.2, -0.15) is 0 Å². The molecule has 140 valence electrons. The van der Waals surface area contributed by atoms with E-state index in [0.29, 0.717) is 12.2 Å². The Morgan fingerprint density at radius 1 is 1.11 bits per heavy atom. The first-order valence-electron chi connectivity index (χ1n) is 9.70. The highest BCUT2D eigenvalue weighted by atomic mass is 19.1. The van der Waals surface area contributed by atoms with E-state index >= 15 is 0 Å². The third-order valence-corrected chi connectivity index (χ3v) is 5.67. The van der Waals surface area contributed by atoms with Gasteiger partial charge in [-0.05, 0) is 62.1 Å². The minimum absolute atomic E-state index is 0.0116. The van der Waals surface area contributed by atoms with Crippen molar-refractivity contribution >= 4 is 16.8 Å². The Labute approximate surface area is 159 Å². The van der Waals surface area contributed by atoms with Crippen LogP contribution in [-0.2, 0) is 0 Å². The van der Waals surface area contributed by atoms with E-state index in [1.807, 2.05) is 30.0 Å². The van der Waals surface area contributed by atoms with E-state index in [1.165, 1.54) is 11.6 Å². The van der Waals surface area contributed by atoms with Crippen LogP contribution >= 0.6 is 0 Å². The van der Waals surface area contributed by atoms with Crippen LogP contribution in [0.2, 0.25) is 0 Å². The molecule has 1 atom stereocenters. The Kier molecular flexibility index (Phi) is 4.73. The minimum Gasteiger partial charge on any atom is -0.350 e. The fourth-order valence-electron chi connectivity index (χ4n) is 4.21. The molecule has 1 aromatic heterocycles. The molecule has 4 heteroatoms. The van der Waals surface area contributed by atoms with Crippen molar-refractivity contribution in [2.75, 3.05) is 6.54 Å². The summed E-state index contributed by atoms with van der Waals surface area (Å²) in [5.74, 6) is -0.237. The van der Waals surface area contributed by atoms with Crippen molar-refractivity contribution in [2.45, 2.75) is 45.6 Å². The molecule has 1 N–H and O–H groups in total. The lowest BCUT2D eigenvalue weighted by Crippen LogP contribution is -2.35. The first-order chi connectivity index (χ1) is 13.0. The van der Waals surface area contributed by atoms with Gasteiger partial charge >= 0.3 is 0 Å². The van der Waals surface area contributed by atoms with Crippen LogP contribution in [0.5, 0.6) is 0 Å². The van der Waals surface area contributed by atoms with Crippen molar-refractivity contribution in [2.24, 2.45) is 0 Å². The van der Waals surface area contributed by atoms with E-state index in [4.69, 9.17) is 0 Å². The smallest absolute Gasteiger partial charge is 0.271 e. The fraction of sp³-hybridized carbons (Fsp3) is 0.348. The van der Waals surface area contributed by atoms with Gasteiger partial charge in [0.1, 0.15) is 11.5 Å². The van der Waals surface area contributed by atoms with Crippen molar-refractivity contribution in [3.05, 3.63) is 70.7 Å². The highest BCUT2D eigenvalue weighted by Crippen LogP contribution is 2.33. The molecule has 0 saturated carbocycles. The number of carbonyl (C=O) groups excluding carboxylic acids is 1. The van der Waals surface area contributed by atoms with E-state index in [9.17, 15) is 9.18 Å². The largest absolute Gasteiger partial charge is 0.350 e. The van der Waals surface area contributed by atoms with Gasteiger partial charge in [0.25, 0.3) is 5.91 Å². The lowest BCUT2D eigenvalue weighted by molar-refractivity contribution is 0.0674. The number of nitrogens with zero attached hydrogens (tertiary/aromatic N) is 1. The molecular formula is C23H25FN2O. The predicted octanol–water partition coefficient (Wildman–Crippen LogP) is 5.68. The fourth-order valence-corrected chi connectivity index (χ4v) is 4.21. The molecule has 1 aliphatic rings. The Balaban J connectivity index is 1.74. The van der Waals surface area contributed by atoms with E-state index in [0.717, 1.165) is 47.7 Å². The van der Waals surface area contributed by atoms with Crippen molar-refractivity contribution < 1.29 is 9.18 Å². The summed E-state index contributed by atoms with van der Waals surface area (Å²) in [6.45, 7) is 4.76. The number of benzene rings is 2. The number of aromatic nitrogens is 1. The normalized spacial score (nSPS) is 17.9. The Hall–Kier alpha value is -2.62. The number of carbonyl (C=O) groups is 1. The van der Waals surface area contributed by atoms with Crippen molar-refractivity contribution in [3.63, 3.8) is 0 Å². The molecular weight excluding hydrogens is 339 g/mol.